The van der Waals surface area contributed by atoms with E-state index in [1.54, 1.807) is 18.9 Å². The Kier molecular flexibility index (Phi) is 6.85. The zero-order chi connectivity index (χ0) is 20.8. The third-order valence-electron chi connectivity index (χ3n) is 5.13. The van der Waals surface area contributed by atoms with Gasteiger partial charge in [0.2, 0.25) is 5.91 Å². The minimum atomic E-state index is -0.495. The fraction of sp³-hybridized carbons (Fsp3) is 0.524. The van der Waals surface area contributed by atoms with Crippen molar-refractivity contribution in [3.05, 3.63) is 41.5 Å². The molecule has 1 saturated heterocycles. The van der Waals surface area contributed by atoms with Gasteiger partial charge in [0.1, 0.15) is 5.75 Å². The molecule has 156 valence electrons. The van der Waals surface area contributed by atoms with Crippen LogP contribution in [0.25, 0.3) is 0 Å². The van der Waals surface area contributed by atoms with Crippen molar-refractivity contribution in [1.82, 2.24) is 15.0 Å². The number of unbranched alkanes of at least 4 members (excludes halogenated alkanes) is 1. The average Bonchev–Trinajstić information content (AvgIpc) is 3.16. The molecule has 0 spiro atoms. The Balaban J connectivity index is 1.87. The van der Waals surface area contributed by atoms with Crippen LogP contribution in [-0.4, -0.2) is 40.6 Å². The Morgan fingerprint density at radius 3 is 2.83 bits per heavy atom. The van der Waals surface area contributed by atoms with Gasteiger partial charge < -0.3 is 18.9 Å². The molecule has 1 amide bonds. The minimum Gasteiger partial charge on any atom is -0.496 e. The standard InChI is InChI=1S/C21H27N3O5/c1-4-5-12-24-19(25)11-10-16(20(24)15-8-6-7-9-17(15)27-3)21(26)28-13-18-22-14(2)23-29-18/h6-9,16,20H,4-5,10-13H2,1-3H3. The fourth-order valence-corrected chi connectivity index (χ4v) is 3.73. The highest BCUT2D eigenvalue weighted by Gasteiger charge is 2.42. The lowest BCUT2D eigenvalue weighted by Crippen LogP contribution is -2.46. The smallest absolute Gasteiger partial charge is 0.311 e. The molecular formula is C21H27N3O5. The molecule has 0 radical (unpaired) electrons. The normalized spacial score (nSPS) is 19.3. The predicted molar refractivity (Wildman–Crippen MR) is 104 cm³/mol. The monoisotopic (exact) mass is 401 g/mol. The van der Waals surface area contributed by atoms with Crippen LogP contribution in [0.2, 0.25) is 0 Å². The van der Waals surface area contributed by atoms with Gasteiger partial charge in [-0.1, -0.05) is 36.7 Å². The van der Waals surface area contributed by atoms with E-state index < -0.39 is 12.0 Å². The average molecular weight is 401 g/mol. The second kappa shape index (κ2) is 9.54. The number of amides is 1. The Morgan fingerprint density at radius 2 is 2.14 bits per heavy atom. The quantitative estimate of drug-likeness (QED) is 0.627. The lowest BCUT2D eigenvalue weighted by Gasteiger charge is -2.40. The zero-order valence-electron chi connectivity index (χ0n) is 17.1. The van der Waals surface area contributed by atoms with Crippen molar-refractivity contribution < 1.29 is 23.6 Å². The van der Waals surface area contributed by atoms with Gasteiger partial charge in [-0.2, -0.15) is 4.98 Å². The highest BCUT2D eigenvalue weighted by atomic mass is 16.6. The van der Waals surface area contributed by atoms with Crippen molar-refractivity contribution in [2.75, 3.05) is 13.7 Å². The number of aromatic nitrogens is 2. The van der Waals surface area contributed by atoms with E-state index in [1.165, 1.54) is 0 Å². The first kappa shape index (κ1) is 20.8. The first-order valence-corrected chi connectivity index (χ1v) is 9.93. The number of carbonyl (C=O) groups excluding carboxylic acids is 2. The molecule has 8 heteroatoms. The van der Waals surface area contributed by atoms with E-state index in [-0.39, 0.29) is 24.4 Å². The molecule has 1 aromatic carbocycles. The summed E-state index contributed by atoms with van der Waals surface area (Å²) in [5, 5.41) is 3.70. The number of piperidine rings is 1. The van der Waals surface area contributed by atoms with Crippen molar-refractivity contribution in [3.8, 4) is 5.75 Å². The van der Waals surface area contributed by atoms with E-state index in [4.69, 9.17) is 14.0 Å². The van der Waals surface area contributed by atoms with Crippen LogP contribution >= 0.6 is 0 Å². The molecule has 0 aliphatic carbocycles. The molecule has 2 unspecified atom stereocenters. The maximum Gasteiger partial charge on any atom is 0.311 e. The lowest BCUT2D eigenvalue weighted by atomic mass is 9.83. The van der Waals surface area contributed by atoms with Crippen molar-refractivity contribution in [1.29, 1.82) is 0 Å². The van der Waals surface area contributed by atoms with Crippen molar-refractivity contribution >= 4 is 11.9 Å². The number of para-hydroxylation sites is 1. The molecule has 0 N–H and O–H groups in total. The van der Waals surface area contributed by atoms with Crippen LogP contribution in [0.1, 0.15) is 55.9 Å². The summed E-state index contributed by atoms with van der Waals surface area (Å²) >= 11 is 0. The van der Waals surface area contributed by atoms with E-state index in [0.717, 1.165) is 18.4 Å². The second-order valence-electron chi connectivity index (χ2n) is 7.12. The second-order valence-corrected chi connectivity index (χ2v) is 7.12. The molecule has 0 saturated carbocycles. The van der Waals surface area contributed by atoms with Gasteiger partial charge in [-0.05, 0) is 25.8 Å². The number of carbonyl (C=O) groups is 2. The van der Waals surface area contributed by atoms with Crippen molar-refractivity contribution in [3.63, 3.8) is 0 Å². The van der Waals surface area contributed by atoms with Crippen LogP contribution < -0.4 is 4.74 Å². The maximum atomic E-state index is 13.0. The van der Waals surface area contributed by atoms with Gasteiger partial charge in [0.25, 0.3) is 5.89 Å². The van der Waals surface area contributed by atoms with Crippen LogP contribution in [0, 0.1) is 12.8 Å². The number of hydrogen-bond donors (Lipinski definition) is 0. The van der Waals surface area contributed by atoms with Gasteiger partial charge in [-0.3, -0.25) is 9.59 Å². The highest BCUT2D eigenvalue weighted by Crippen LogP contribution is 2.41. The number of methoxy groups -OCH3 is 1. The van der Waals surface area contributed by atoms with Crippen molar-refractivity contribution in [2.24, 2.45) is 5.92 Å². The largest absolute Gasteiger partial charge is 0.496 e. The summed E-state index contributed by atoms with van der Waals surface area (Å²) in [5.74, 6) is 0.553. The van der Waals surface area contributed by atoms with Gasteiger partial charge in [-0.25, -0.2) is 0 Å². The molecular weight excluding hydrogens is 374 g/mol. The summed E-state index contributed by atoms with van der Waals surface area (Å²) in [6, 6.07) is 7.07. The molecule has 2 aromatic rings. The van der Waals surface area contributed by atoms with E-state index in [0.29, 0.717) is 31.0 Å². The first-order valence-electron chi connectivity index (χ1n) is 9.93. The third kappa shape index (κ3) is 4.75. The van der Waals surface area contributed by atoms with E-state index in [2.05, 4.69) is 17.1 Å². The zero-order valence-corrected chi connectivity index (χ0v) is 17.1. The molecule has 8 nitrogen and oxygen atoms in total. The molecule has 1 fully saturated rings. The van der Waals surface area contributed by atoms with Gasteiger partial charge >= 0.3 is 5.97 Å². The van der Waals surface area contributed by atoms with Gasteiger partial charge in [-0.15, -0.1) is 0 Å². The Hall–Kier alpha value is -2.90. The molecule has 2 atom stereocenters. The first-order chi connectivity index (χ1) is 14.0. The number of aryl methyl sites for hydroxylation is 1. The molecule has 0 bridgehead atoms. The summed E-state index contributed by atoms with van der Waals surface area (Å²) in [7, 11) is 1.59. The summed E-state index contributed by atoms with van der Waals surface area (Å²) in [6.45, 7) is 4.28. The molecule has 3 rings (SSSR count). The fourth-order valence-electron chi connectivity index (χ4n) is 3.73. The summed E-state index contributed by atoms with van der Waals surface area (Å²) in [5.41, 5.74) is 0.815. The van der Waals surface area contributed by atoms with E-state index in [9.17, 15) is 9.59 Å². The Morgan fingerprint density at radius 1 is 1.34 bits per heavy atom. The van der Waals surface area contributed by atoms with E-state index >= 15 is 0 Å². The molecule has 2 heterocycles. The highest BCUT2D eigenvalue weighted by molar-refractivity contribution is 5.82. The Labute approximate surface area is 170 Å². The van der Waals surface area contributed by atoms with Gasteiger partial charge in [0, 0.05) is 18.5 Å². The van der Waals surface area contributed by atoms with Crippen molar-refractivity contribution in [2.45, 2.75) is 52.2 Å². The number of rotatable bonds is 8. The SMILES string of the molecule is CCCCN1C(=O)CCC(C(=O)OCc2nc(C)no2)C1c1ccccc1OC. The number of ether oxygens (including phenoxy) is 2. The van der Waals surface area contributed by atoms with Crippen LogP contribution in [0.3, 0.4) is 0 Å². The summed E-state index contributed by atoms with van der Waals surface area (Å²) in [4.78, 5) is 31.6. The third-order valence-corrected chi connectivity index (χ3v) is 5.13. The number of benzene rings is 1. The van der Waals surface area contributed by atoms with Gasteiger partial charge in [0.15, 0.2) is 12.4 Å². The molecule has 1 aromatic heterocycles. The predicted octanol–water partition coefficient (Wildman–Crippen LogP) is 3.21. The Bertz CT molecular complexity index is 850. The number of esters is 1. The number of likely N-dealkylation sites (tertiary alicyclic amines) is 1. The molecule has 1 aliphatic rings. The number of hydrogen-bond acceptors (Lipinski definition) is 7. The van der Waals surface area contributed by atoms with Crippen LogP contribution in [0.4, 0.5) is 0 Å². The van der Waals surface area contributed by atoms with Crippen LogP contribution in [0.15, 0.2) is 28.8 Å². The van der Waals surface area contributed by atoms with Crippen LogP contribution in [0.5, 0.6) is 5.75 Å². The summed E-state index contributed by atoms with van der Waals surface area (Å²) in [6.07, 6.45) is 2.55. The lowest BCUT2D eigenvalue weighted by molar-refractivity contribution is -0.159. The number of nitrogens with zero attached hydrogens (tertiary/aromatic N) is 3. The molecule has 29 heavy (non-hydrogen) atoms. The molecule has 1 aliphatic heterocycles. The van der Waals surface area contributed by atoms with E-state index in [1.807, 2.05) is 24.3 Å². The summed E-state index contributed by atoms with van der Waals surface area (Å²) < 4.78 is 16.0. The maximum absolute atomic E-state index is 13.0. The van der Waals surface area contributed by atoms with Crippen LogP contribution in [-0.2, 0) is 20.9 Å². The topological polar surface area (TPSA) is 94.8 Å². The minimum absolute atomic E-state index is 0.0472. The van der Waals surface area contributed by atoms with Gasteiger partial charge in [0.05, 0.1) is 19.1 Å².